The van der Waals surface area contributed by atoms with Gasteiger partial charge in [0, 0.05) is 35.2 Å². The largest absolute Gasteiger partial charge is 0.497 e. The van der Waals surface area contributed by atoms with E-state index in [0.717, 1.165) is 6.54 Å². The number of nitro groups is 1. The lowest BCUT2D eigenvalue weighted by atomic mass is 10.0. The molecule has 31 heavy (non-hydrogen) atoms. The van der Waals surface area contributed by atoms with E-state index >= 15 is 0 Å². The first-order valence-corrected chi connectivity index (χ1v) is 9.56. The number of methoxy groups -OCH3 is 1. The van der Waals surface area contributed by atoms with Crippen molar-refractivity contribution < 1.29 is 14.5 Å². The molecule has 3 aromatic rings. The molecule has 1 heterocycles. The van der Waals surface area contributed by atoms with Gasteiger partial charge in [-0.1, -0.05) is 0 Å². The third-order valence-electron chi connectivity index (χ3n) is 5.41. The van der Waals surface area contributed by atoms with Crippen LogP contribution >= 0.6 is 12.4 Å². The lowest BCUT2D eigenvalue weighted by Crippen LogP contribution is -2.25. The lowest BCUT2D eigenvalue weighted by molar-refractivity contribution is -0.384. The predicted molar refractivity (Wildman–Crippen MR) is 121 cm³/mol. The van der Waals surface area contributed by atoms with Crippen LogP contribution in [-0.2, 0) is 6.54 Å². The maximum Gasteiger partial charge on any atom is 0.270 e. The Hall–Kier alpha value is -3.23. The molecule has 2 aromatic carbocycles. The van der Waals surface area contributed by atoms with Crippen molar-refractivity contribution in [1.29, 1.82) is 0 Å². The monoisotopic (exact) mass is 443 g/mol. The number of pyridine rings is 1. The molecule has 0 N–H and O–H groups in total. The van der Waals surface area contributed by atoms with Gasteiger partial charge in [-0.3, -0.25) is 19.7 Å². The van der Waals surface area contributed by atoms with Crippen molar-refractivity contribution in [3.05, 3.63) is 68.0 Å². The summed E-state index contributed by atoms with van der Waals surface area (Å²) in [6, 6.07) is 9.31. The first-order chi connectivity index (χ1) is 14.3. The van der Waals surface area contributed by atoms with E-state index in [9.17, 15) is 19.7 Å². The van der Waals surface area contributed by atoms with Crippen LogP contribution in [0.15, 0.2) is 41.2 Å². The highest BCUT2D eigenvalue weighted by Crippen LogP contribution is 2.41. The summed E-state index contributed by atoms with van der Waals surface area (Å²) in [6.07, 6.45) is 0.694. The molecule has 0 spiro atoms. The normalized spacial score (nSPS) is 11.9. The number of nitrogens with zero attached hydrogens (tertiary/aromatic N) is 3. The smallest absolute Gasteiger partial charge is 0.270 e. The van der Waals surface area contributed by atoms with Gasteiger partial charge in [0.2, 0.25) is 0 Å². The van der Waals surface area contributed by atoms with Crippen LogP contribution < -0.4 is 10.3 Å². The Morgan fingerprint density at radius 1 is 1.06 bits per heavy atom. The van der Waals surface area contributed by atoms with E-state index in [2.05, 4.69) is 0 Å². The highest BCUT2D eigenvalue weighted by molar-refractivity contribution is 6.26. The number of aromatic nitrogens is 1. The van der Waals surface area contributed by atoms with Crippen LogP contribution in [0.25, 0.3) is 22.0 Å². The minimum atomic E-state index is -0.538. The van der Waals surface area contributed by atoms with Gasteiger partial charge in [0.05, 0.1) is 28.7 Å². The Balaban J connectivity index is 0.00000272. The van der Waals surface area contributed by atoms with Gasteiger partial charge in [-0.15, -0.1) is 12.4 Å². The highest BCUT2D eigenvalue weighted by atomic mass is 35.5. The molecule has 4 rings (SSSR count). The number of fused-ring (bicyclic) bond motifs is 5. The minimum Gasteiger partial charge on any atom is -0.497 e. The molecule has 0 saturated heterocycles. The molecule has 8 nitrogen and oxygen atoms in total. The van der Waals surface area contributed by atoms with Crippen molar-refractivity contribution >= 4 is 34.7 Å². The van der Waals surface area contributed by atoms with Gasteiger partial charge in [0.1, 0.15) is 5.75 Å². The number of ketones is 1. The van der Waals surface area contributed by atoms with Crippen LogP contribution in [0.1, 0.15) is 22.3 Å². The number of halogens is 1. The fraction of sp³-hybridized carbons (Fsp3) is 0.273. The summed E-state index contributed by atoms with van der Waals surface area (Å²) >= 11 is 0. The van der Waals surface area contributed by atoms with Crippen LogP contribution in [-0.4, -0.2) is 47.9 Å². The van der Waals surface area contributed by atoms with Crippen molar-refractivity contribution in [3.63, 3.8) is 0 Å². The fourth-order valence-corrected chi connectivity index (χ4v) is 4.00. The van der Waals surface area contributed by atoms with E-state index in [1.807, 2.05) is 19.0 Å². The number of rotatable bonds is 6. The first-order valence-electron chi connectivity index (χ1n) is 9.56. The second-order valence-corrected chi connectivity index (χ2v) is 7.56. The zero-order chi connectivity index (χ0) is 21.6. The van der Waals surface area contributed by atoms with Gasteiger partial charge in [-0.2, -0.15) is 0 Å². The van der Waals surface area contributed by atoms with E-state index < -0.39 is 4.92 Å². The van der Waals surface area contributed by atoms with Crippen molar-refractivity contribution in [3.8, 4) is 17.0 Å². The van der Waals surface area contributed by atoms with Crippen LogP contribution in [0.2, 0.25) is 0 Å². The van der Waals surface area contributed by atoms with Gasteiger partial charge < -0.3 is 14.2 Å². The maximum atomic E-state index is 13.4. The van der Waals surface area contributed by atoms with Gasteiger partial charge in [-0.25, -0.2) is 0 Å². The molecule has 162 valence electrons. The quantitative estimate of drug-likeness (QED) is 0.334. The number of hydrogen-bond acceptors (Lipinski definition) is 6. The summed E-state index contributed by atoms with van der Waals surface area (Å²) in [5.74, 6) is 0.343. The van der Waals surface area contributed by atoms with Crippen LogP contribution in [0.3, 0.4) is 0 Å². The second kappa shape index (κ2) is 8.49. The number of carbonyl (C=O) groups is 1. The molecule has 0 radical (unpaired) electrons. The van der Waals surface area contributed by atoms with Gasteiger partial charge >= 0.3 is 0 Å². The SMILES string of the molecule is COc1ccc2c(c1)C(=O)c1c-2n(CCCN(C)C)c(=O)c2cc([N+](=O)[O-])ccc12.Cl. The molecule has 0 saturated carbocycles. The summed E-state index contributed by atoms with van der Waals surface area (Å²) in [5.41, 5.74) is 1.62. The molecule has 9 heteroatoms. The number of non-ortho nitro benzene ring substituents is 1. The van der Waals surface area contributed by atoms with Crippen molar-refractivity contribution in [1.82, 2.24) is 9.47 Å². The third-order valence-corrected chi connectivity index (χ3v) is 5.41. The summed E-state index contributed by atoms with van der Waals surface area (Å²) in [5, 5.41) is 11.9. The number of nitro benzene ring substituents is 1. The van der Waals surface area contributed by atoms with Gasteiger partial charge in [-0.05, 0) is 51.3 Å². The first kappa shape index (κ1) is 22.5. The van der Waals surface area contributed by atoms with Gasteiger partial charge in [0.15, 0.2) is 5.78 Å². The Kier molecular flexibility index (Phi) is 6.15. The zero-order valence-corrected chi connectivity index (χ0v) is 18.2. The molecule has 0 aliphatic heterocycles. The highest BCUT2D eigenvalue weighted by Gasteiger charge is 2.33. The number of carbonyl (C=O) groups excluding carboxylic acids is 1. The van der Waals surface area contributed by atoms with Crippen molar-refractivity contribution in [2.45, 2.75) is 13.0 Å². The number of benzene rings is 2. The molecule has 1 aliphatic carbocycles. The fourth-order valence-electron chi connectivity index (χ4n) is 4.00. The minimum absolute atomic E-state index is 0. The Morgan fingerprint density at radius 3 is 2.45 bits per heavy atom. The summed E-state index contributed by atoms with van der Waals surface area (Å²) in [7, 11) is 5.42. The van der Waals surface area contributed by atoms with Crippen LogP contribution in [0.5, 0.6) is 5.75 Å². The van der Waals surface area contributed by atoms with E-state index in [-0.39, 0.29) is 34.8 Å². The molecule has 0 bridgehead atoms. The molecule has 0 atom stereocenters. The molecular formula is C22H22ClN3O5. The lowest BCUT2D eigenvalue weighted by Gasteiger charge is -2.16. The van der Waals surface area contributed by atoms with Crippen LogP contribution in [0.4, 0.5) is 5.69 Å². The topological polar surface area (TPSA) is 94.7 Å². The molecule has 1 aromatic heterocycles. The molecule has 0 fully saturated rings. The molecule has 1 aliphatic rings. The van der Waals surface area contributed by atoms with E-state index in [0.29, 0.717) is 46.5 Å². The summed E-state index contributed by atoms with van der Waals surface area (Å²) < 4.78 is 6.84. The number of ether oxygens (including phenoxy) is 1. The second-order valence-electron chi connectivity index (χ2n) is 7.56. The van der Waals surface area contributed by atoms with Crippen LogP contribution in [0, 0.1) is 10.1 Å². The molecule has 0 amide bonds. The maximum absolute atomic E-state index is 13.4. The number of hydrogen-bond donors (Lipinski definition) is 0. The summed E-state index contributed by atoms with van der Waals surface area (Å²) in [4.78, 5) is 39.4. The van der Waals surface area contributed by atoms with E-state index in [1.54, 1.807) is 22.8 Å². The zero-order valence-electron chi connectivity index (χ0n) is 17.4. The summed E-state index contributed by atoms with van der Waals surface area (Å²) in [6.45, 7) is 1.16. The van der Waals surface area contributed by atoms with E-state index in [1.165, 1.54) is 25.3 Å². The standard InChI is InChI=1S/C22H21N3O5.ClH/c1-23(2)9-4-10-24-20-16-8-6-14(30-3)12-17(16)21(26)19(20)15-7-5-13(25(28)29)11-18(15)22(24)27;/h5-8,11-12H,4,9-10H2,1-3H3;1H. The average molecular weight is 444 g/mol. The molecule has 0 unspecified atom stereocenters. The Morgan fingerprint density at radius 2 is 1.81 bits per heavy atom. The average Bonchev–Trinajstić information content (AvgIpc) is 3.01. The van der Waals surface area contributed by atoms with Crippen molar-refractivity contribution in [2.75, 3.05) is 27.7 Å². The van der Waals surface area contributed by atoms with Gasteiger partial charge in [0.25, 0.3) is 11.2 Å². The predicted octanol–water partition coefficient (Wildman–Crippen LogP) is 3.50. The third kappa shape index (κ3) is 3.68. The van der Waals surface area contributed by atoms with E-state index in [4.69, 9.17) is 4.74 Å². The Labute approximate surface area is 184 Å². The Bertz CT molecular complexity index is 1270. The molecular weight excluding hydrogens is 422 g/mol. The van der Waals surface area contributed by atoms with Crippen molar-refractivity contribution in [2.24, 2.45) is 0 Å².